The average molecular weight is 297 g/mol. The van der Waals surface area contributed by atoms with Gasteiger partial charge in [-0.05, 0) is 27.7 Å². The summed E-state index contributed by atoms with van der Waals surface area (Å²) in [4.78, 5) is 13.0. The van der Waals surface area contributed by atoms with E-state index in [1.165, 1.54) is 0 Å². The lowest BCUT2D eigenvalue weighted by Gasteiger charge is -2.27. The predicted octanol–water partition coefficient (Wildman–Crippen LogP) is 1.71. The molecular weight excluding hydrogens is 272 g/mol. The number of alkyl halides is 1. The fraction of sp³-hybridized carbons (Fsp3) is 0.917. The zero-order valence-corrected chi connectivity index (χ0v) is 13.0. The van der Waals surface area contributed by atoms with Crippen LogP contribution in [0.3, 0.4) is 0 Å². The van der Waals surface area contributed by atoms with Gasteiger partial charge in [-0.15, -0.1) is 0 Å². The molecule has 0 aromatic heterocycles. The Morgan fingerprint density at radius 1 is 1.47 bits per heavy atom. The van der Waals surface area contributed by atoms with Crippen LogP contribution in [-0.4, -0.2) is 53.3 Å². The van der Waals surface area contributed by atoms with Gasteiger partial charge in [-0.3, -0.25) is 4.90 Å². The minimum Gasteiger partial charge on any atom is -0.444 e. The van der Waals surface area contributed by atoms with Crippen molar-refractivity contribution >= 4 is 17.7 Å². The van der Waals surface area contributed by atoms with Crippen LogP contribution >= 0.6 is 11.6 Å². The molecule has 2 N–H and O–H groups in total. The molecule has 0 aliphatic carbocycles. The molecule has 0 aliphatic rings. The number of hydrogen-bond donors (Lipinski definition) is 2. The minimum atomic E-state index is -1.09. The Balaban J connectivity index is 3.99. The van der Waals surface area contributed by atoms with Gasteiger partial charge in [-0.2, -0.15) is 0 Å². The van der Waals surface area contributed by atoms with Crippen molar-refractivity contribution in [1.29, 1.82) is 0 Å². The highest BCUT2D eigenvalue weighted by Crippen LogP contribution is 2.07. The van der Waals surface area contributed by atoms with Gasteiger partial charge >= 0.3 is 6.09 Å². The van der Waals surface area contributed by atoms with Crippen molar-refractivity contribution in [1.82, 2.24) is 10.2 Å². The Morgan fingerprint density at radius 2 is 2.05 bits per heavy atom. The molecule has 6 nitrogen and oxygen atoms in total. The van der Waals surface area contributed by atoms with Crippen LogP contribution in [0.2, 0.25) is 0 Å². The molecule has 0 fully saturated rings. The van der Waals surface area contributed by atoms with E-state index in [1.54, 1.807) is 32.6 Å². The monoisotopic (exact) mass is 296 g/mol. The summed E-state index contributed by atoms with van der Waals surface area (Å²) in [6, 6.07) is 0. The van der Waals surface area contributed by atoms with E-state index in [9.17, 15) is 9.90 Å². The van der Waals surface area contributed by atoms with Gasteiger partial charge in [0.25, 0.3) is 0 Å². The number of aliphatic hydroxyl groups is 1. The topological polar surface area (TPSA) is 71.0 Å². The molecule has 1 amide bonds. The van der Waals surface area contributed by atoms with Crippen molar-refractivity contribution in [2.24, 2.45) is 0 Å². The number of alkyl carbamates (subject to hydrolysis) is 1. The maximum absolute atomic E-state index is 11.4. The Hall–Kier alpha value is -0.560. The second-order valence-corrected chi connectivity index (χ2v) is 5.68. The van der Waals surface area contributed by atoms with Crippen LogP contribution in [0.25, 0.3) is 0 Å². The van der Waals surface area contributed by atoms with Crippen LogP contribution in [0.15, 0.2) is 0 Å². The molecule has 7 heteroatoms. The Bertz CT molecular complexity index is 269. The lowest BCUT2D eigenvalue weighted by Crippen LogP contribution is -2.43. The number of ether oxygens (including phenoxy) is 2. The molecule has 0 radical (unpaired) electrons. The van der Waals surface area contributed by atoms with Gasteiger partial charge in [0.1, 0.15) is 11.2 Å². The van der Waals surface area contributed by atoms with Gasteiger partial charge in [0, 0.05) is 19.6 Å². The van der Waals surface area contributed by atoms with Crippen LogP contribution in [0, 0.1) is 0 Å². The maximum Gasteiger partial charge on any atom is 0.407 e. The quantitative estimate of drug-likeness (QED) is 0.553. The van der Waals surface area contributed by atoms with Crippen molar-refractivity contribution in [2.45, 2.75) is 52.2 Å². The summed E-state index contributed by atoms with van der Waals surface area (Å²) < 4.78 is 10.1. The predicted molar refractivity (Wildman–Crippen MR) is 73.9 cm³/mol. The smallest absolute Gasteiger partial charge is 0.407 e. The van der Waals surface area contributed by atoms with E-state index in [-0.39, 0.29) is 0 Å². The first-order valence-corrected chi connectivity index (χ1v) is 6.78. The number of carbonyl (C=O) groups excluding carboxylic acids is 1. The van der Waals surface area contributed by atoms with E-state index < -0.39 is 23.7 Å². The van der Waals surface area contributed by atoms with Gasteiger partial charge in [0.05, 0.1) is 0 Å². The summed E-state index contributed by atoms with van der Waals surface area (Å²) >= 11 is 5.63. The van der Waals surface area contributed by atoms with E-state index in [0.717, 1.165) is 0 Å². The Labute approximate surface area is 120 Å². The largest absolute Gasteiger partial charge is 0.444 e. The molecule has 0 spiro atoms. The van der Waals surface area contributed by atoms with Crippen LogP contribution in [0.1, 0.15) is 34.6 Å². The molecule has 0 bridgehead atoms. The fourth-order valence-electron chi connectivity index (χ4n) is 1.29. The van der Waals surface area contributed by atoms with Crippen LogP contribution < -0.4 is 5.32 Å². The number of likely N-dealkylation sites (N-methyl/N-ethyl adjacent to an activating group) is 1. The number of amides is 1. The number of carbonyl (C=O) groups is 1. The number of rotatable bonds is 7. The number of nitrogens with one attached hydrogen (secondary N) is 1. The Kier molecular flexibility index (Phi) is 8.33. The molecule has 2 unspecified atom stereocenters. The zero-order valence-electron chi connectivity index (χ0n) is 12.3. The van der Waals surface area contributed by atoms with Crippen LogP contribution in [0.5, 0.6) is 0 Å². The lowest BCUT2D eigenvalue weighted by atomic mass is 10.2. The molecule has 0 aliphatic heterocycles. The van der Waals surface area contributed by atoms with Gasteiger partial charge in [-0.1, -0.05) is 18.5 Å². The summed E-state index contributed by atoms with van der Waals surface area (Å²) in [6.45, 7) is 10.2. The van der Waals surface area contributed by atoms with Gasteiger partial charge in [0.15, 0.2) is 0 Å². The van der Waals surface area contributed by atoms with Gasteiger partial charge in [0.2, 0.25) is 6.41 Å². The van der Waals surface area contributed by atoms with E-state index >= 15 is 0 Å². The van der Waals surface area contributed by atoms with Gasteiger partial charge in [-0.25, -0.2) is 4.79 Å². The molecule has 2 atom stereocenters. The highest BCUT2D eigenvalue weighted by molar-refractivity contribution is 6.19. The lowest BCUT2D eigenvalue weighted by molar-refractivity contribution is -0.197. The fourth-order valence-corrected chi connectivity index (χ4v) is 1.39. The van der Waals surface area contributed by atoms with Crippen molar-refractivity contribution in [3.05, 3.63) is 0 Å². The number of nitrogens with zero attached hydrogens (tertiary/aromatic N) is 1. The van der Waals surface area contributed by atoms with Crippen molar-refractivity contribution in [3.63, 3.8) is 0 Å². The average Bonchev–Trinajstić information content (AvgIpc) is 2.20. The molecule has 0 heterocycles. The number of halogens is 1. The first-order valence-electron chi connectivity index (χ1n) is 6.34. The van der Waals surface area contributed by atoms with Crippen LogP contribution in [-0.2, 0) is 9.47 Å². The minimum absolute atomic E-state index is 0.347. The third-order valence-corrected chi connectivity index (χ3v) is 2.20. The summed E-state index contributed by atoms with van der Waals surface area (Å²) in [5, 5.41) is 12.3. The molecule has 0 aromatic rings. The highest BCUT2D eigenvalue weighted by atomic mass is 35.5. The highest BCUT2D eigenvalue weighted by Gasteiger charge is 2.18. The van der Waals surface area contributed by atoms with E-state index in [4.69, 9.17) is 21.1 Å². The normalized spacial score (nSPS) is 15.2. The van der Waals surface area contributed by atoms with E-state index in [1.807, 2.05) is 6.92 Å². The summed E-state index contributed by atoms with van der Waals surface area (Å²) in [6.07, 6.45) is -1.57. The second kappa shape index (κ2) is 8.58. The van der Waals surface area contributed by atoms with Crippen LogP contribution in [0.4, 0.5) is 4.79 Å². The molecule has 0 aromatic carbocycles. The van der Waals surface area contributed by atoms with Gasteiger partial charge < -0.3 is 19.9 Å². The maximum atomic E-state index is 11.4. The first kappa shape index (κ1) is 18.4. The van der Waals surface area contributed by atoms with Crippen molar-refractivity contribution in [2.75, 3.05) is 19.6 Å². The summed E-state index contributed by atoms with van der Waals surface area (Å²) in [5.74, 6) is 0. The number of aliphatic hydroxyl groups excluding tert-OH is 1. The zero-order chi connectivity index (χ0) is 15.1. The number of hydrogen-bond acceptors (Lipinski definition) is 5. The standard InChI is InChI=1S/C12H25ClN2O4/c1-6-15(11(17)18-9(2)13)8-7-14-10(16)19-12(3,4)5/h9,11,17H,6-8H2,1-5H3,(H,14,16). The third-order valence-electron chi connectivity index (χ3n) is 2.10. The molecule has 114 valence electrons. The summed E-state index contributed by atoms with van der Waals surface area (Å²) in [7, 11) is 0. The Morgan fingerprint density at radius 3 is 2.47 bits per heavy atom. The summed E-state index contributed by atoms with van der Waals surface area (Å²) in [5.41, 5.74) is -1.10. The molecular formula is C12H25ClN2O4. The van der Waals surface area contributed by atoms with Crippen molar-refractivity contribution < 1.29 is 19.4 Å². The third kappa shape index (κ3) is 9.95. The molecule has 0 saturated carbocycles. The molecule has 0 rings (SSSR count). The molecule has 19 heavy (non-hydrogen) atoms. The van der Waals surface area contributed by atoms with Crippen molar-refractivity contribution in [3.8, 4) is 0 Å². The SMILES string of the molecule is CCN(CCNC(=O)OC(C)(C)C)C(O)OC(C)Cl. The van der Waals surface area contributed by atoms with E-state index in [0.29, 0.717) is 19.6 Å². The molecule has 0 saturated heterocycles. The van der Waals surface area contributed by atoms with E-state index in [2.05, 4.69) is 5.32 Å². The first-order chi connectivity index (χ1) is 8.65. The second-order valence-electron chi connectivity index (χ2n) is 5.06.